The molecule has 0 amide bonds. The molecule has 0 unspecified atom stereocenters. The Labute approximate surface area is 84.4 Å². The molecule has 0 fully saturated rings. The van der Waals surface area contributed by atoms with Gasteiger partial charge in [0.05, 0.1) is 0 Å². The molecule has 0 saturated heterocycles. The average Bonchev–Trinajstić information content (AvgIpc) is 2.19. The minimum atomic E-state index is 1.06. The molecule has 1 aromatic carbocycles. The second-order valence-corrected chi connectivity index (χ2v) is 3.36. The highest BCUT2D eigenvalue weighted by Crippen LogP contribution is 2.24. The molecule has 0 atom stereocenters. The van der Waals surface area contributed by atoms with Gasteiger partial charge in [0.2, 0.25) is 0 Å². The lowest BCUT2D eigenvalue weighted by Gasteiger charge is -2.07. The SMILES string of the molecule is Cc1ccnc(C)c1-c1[c]cccc1. The number of aryl methyl sites for hydroxylation is 2. The van der Waals surface area contributed by atoms with Gasteiger partial charge in [0.1, 0.15) is 0 Å². The van der Waals surface area contributed by atoms with Crippen molar-refractivity contribution in [2.75, 3.05) is 0 Å². The summed E-state index contributed by atoms with van der Waals surface area (Å²) >= 11 is 0. The largest absolute Gasteiger partial charge is 0.261 e. The fraction of sp³-hybridized carbons (Fsp3) is 0.154. The zero-order chi connectivity index (χ0) is 9.97. The molecule has 2 rings (SSSR count). The van der Waals surface area contributed by atoms with Gasteiger partial charge in [-0.05, 0) is 37.1 Å². The summed E-state index contributed by atoms with van der Waals surface area (Å²) in [6.45, 7) is 4.13. The van der Waals surface area contributed by atoms with Crippen LogP contribution in [-0.2, 0) is 0 Å². The number of hydrogen-bond donors (Lipinski definition) is 0. The summed E-state index contributed by atoms with van der Waals surface area (Å²) < 4.78 is 0. The summed E-state index contributed by atoms with van der Waals surface area (Å²) in [6.07, 6.45) is 1.84. The van der Waals surface area contributed by atoms with Crippen molar-refractivity contribution in [3.8, 4) is 11.1 Å². The lowest BCUT2D eigenvalue weighted by Crippen LogP contribution is -1.90. The van der Waals surface area contributed by atoms with Gasteiger partial charge in [-0.3, -0.25) is 4.98 Å². The molecule has 0 N–H and O–H groups in total. The first-order valence-electron chi connectivity index (χ1n) is 4.68. The maximum atomic E-state index is 4.30. The van der Waals surface area contributed by atoms with Crippen LogP contribution in [0.5, 0.6) is 0 Å². The van der Waals surface area contributed by atoms with Gasteiger partial charge in [0.25, 0.3) is 0 Å². The van der Waals surface area contributed by atoms with E-state index in [1.807, 2.05) is 37.4 Å². The van der Waals surface area contributed by atoms with Crippen LogP contribution in [0.1, 0.15) is 11.3 Å². The summed E-state index contributed by atoms with van der Waals surface area (Å²) in [4.78, 5) is 4.30. The smallest absolute Gasteiger partial charge is 0.0453 e. The molecule has 69 valence electrons. The number of benzene rings is 1. The van der Waals surface area contributed by atoms with Crippen LogP contribution in [0, 0.1) is 19.9 Å². The van der Waals surface area contributed by atoms with Crippen molar-refractivity contribution in [2.24, 2.45) is 0 Å². The standard InChI is InChI=1S/C13H12N/c1-10-8-9-14-11(2)13(10)12-6-4-3-5-7-12/h3-6,8-9H,1-2H3. The van der Waals surface area contributed by atoms with E-state index in [0.29, 0.717) is 0 Å². The Hall–Kier alpha value is -1.63. The number of rotatable bonds is 1. The Kier molecular flexibility index (Phi) is 2.32. The van der Waals surface area contributed by atoms with E-state index >= 15 is 0 Å². The van der Waals surface area contributed by atoms with Crippen LogP contribution < -0.4 is 0 Å². The Morgan fingerprint density at radius 2 is 2.00 bits per heavy atom. The highest BCUT2D eigenvalue weighted by molar-refractivity contribution is 5.68. The van der Waals surface area contributed by atoms with Crippen molar-refractivity contribution < 1.29 is 0 Å². The molecule has 14 heavy (non-hydrogen) atoms. The fourth-order valence-corrected chi connectivity index (χ4v) is 1.65. The molecule has 0 aliphatic carbocycles. The quantitative estimate of drug-likeness (QED) is 0.660. The summed E-state index contributed by atoms with van der Waals surface area (Å²) in [5.41, 5.74) is 4.64. The van der Waals surface area contributed by atoms with E-state index in [1.54, 1.807) is 0 Å². The summed E-state index contributed by atoms with van der Waals surface area (Å²) in [6, 6.07) is 13.3. The van der Waals surface area contributed by atoms with Crippen LogP contribution >= 0.6 is 0 Å². The third kappa shape index (κ3) is 1.53. The minimum absolute atomic E-state index is 1.06. The van der Waals surface area contributed by atoms with E-state index in [4.69, 9.17) is 0 Å². The lowest BCUT2D eigenvalue weighted by atomic mass is 10.00. The van der Waals surface area contributed by atoms with E-state index in [1.165, 1.54) is 11.1 Å². The maximum Gasteiger partial charge on any atom is 0.0453 e. The molecular weight excluding hydrogens is 170 g/mol. The van der Waals surface area contributed by atoms with Crippen molar-refractivity contribution in [3.63, 3.8) is 0 Å². The normalized spacial score (nSPS) is 10.1. The molecule has 2 aromatic rings. The van der Waals surface area contributed by atoms with E-state index in [-0.39, 0.29) is 0 Å². The average molecular weight is 182 g/mol. The highest BCUT2D eigenvalue weighted by atomic mass is 14.7. The monoisotopic (exact) mass is 182 g/mol. The van der Waals surface area contributed by atoms with Gasteiger partial charge in [-0.1, -0.05) is 24.3 Å². The van der Waals surface area contributed by atoms with Crippen molar-refractivity contribution in [1.82, 2.24) is 4.98 Å². The van der Waals surface area contributed by atoms with Crippen LogP contribution in [0.2, 0.25) is 0 Å². The fourth-order valence-electron chi connectivity index (χ4n) is 1.65. The van der Waals surface area contributed by atoms with E-state index in [2.05, 4.69) is 24.0 Å². The second kappa shape index (κ2) is 3.62. The molecule has 1 heteroatoms. The Balaban J connectivity index is 2.63. The zero-order valence-electron chi connectivity index (χ0n) is 8.41. The molecule has 0 saturated carbocycles. The summed E-state index contributed by atoms with van der Waals surface area (Å²) in [7, 11) is 0. The van der Waals surface area contributed by atoms with E-state index in [0.717, 1.165) is 11.3 Å². The van der Waals surface area contributed by atoms with Gasteiger partial charge in [-0.2, -0.15) is 0 Å². The number of hydrogen-bond acceptors (Lipinski definition) is 1. The van der Waals surface area contributed by atoms with Crippen LogP contribution in [0.4, 0.5) is 0 Å². The number of aromatic nitrogens is 1. The highest BCUT2D eigenvalue weighted by Gasteiger charge is 2.04. The second-order valence-electron chi connectivity index (χ2n) is 3.36. The van der Waals surface area contributed by atoms with Crippen LogP contribution in [0.15, 0.2) is 36.5 Å². The first-order valence-corrected chi connectivity index (χ1v) is 4.68. The van der Waals surface area contributed by atoms with Crippen molar-refractivity contribution in [2.45, 2.75) is 13.8 Å². The van der Waals surface area contributed by atoms with E-state index in [9.17, 15) is 0 Å². The van der Waals surface area contributed by atoms with Gasteiger partial charge in [-0.25, -0.2) is 0 Å². The maximum absolute atomic E-state index is 4.30. The van der Waals surface area contributed by atoms with Gasteiger partial charge >= 0.3 is 0 Å². The molecule has 0 aliphatic rings. The van der Waals surface area contributed by atoms with Crippen LogP contribution in [0.25, 0.3) is 11.1 Å². The summed E-state index contributed by atoms with van der Waals surface area (Å²) in [5, 5.41) is 0. The first kappa shape index (κ1) is 8.95. The third-order valence-electron chi connectivity index (χ3n) is 2.33. The molecule has 1 heterocycles. The van der Waals surface area contributed by atoms with Crippen LogP contribution in [0.3, 0.4) is 0 Å². The topological polar surface area (TPSA) is 12.9 Å². The molecule has 0 bridgehead atoms. The number of nitrogens with zero attached hydrogens (tertiary/aromatic N) is 1. The predicted molar refractivity (Wildman–Crippen MR) is 58.0 cm³/mol. The molecule has 0 spiro atoms. The van der Waals surface area contributed by atoms with Crippen molar-refractivity contribution in [1.29, 1.82) is 0 Å². The number of pyridine rings is 1. The Bertz CT molecular complexity index is 412. The molecule has 1 radical (unpaired) electrons. The van der Waals surface area contributed by atoms with Gasteiger partial charge in [0, 0.05) is 17.5 Å². The first-order chi connectivity index (χ1) is 6.79. The Morgan fingerprint density at radius 1 is 1.14 bits per heavy atom. The molecule has 0 aliphatic heterocycles. The zero-order valence-corrected chi connectivity index (χ0v) is 8.41. The molecule has 1 nitrogen and oxygen atoms in total. The minimum Gasteiger partial charge on any atom is -0.261 e. The third-order valence-corrected chi connectivity index (χ3v) is 2.33. The molecule has 1 aromatic heterocycles. The lowest BCUT2D eigenvalue weighted by molar-refractivity contribution is 1.18. The predicted octanol–water partition coefficient (Wildman–Crippen LogP) is 3.17. The van der Waals surface area contributed by atoms with Gasteiger partial charge < -0.3 is 0 Å². The van der Waals surface area contributed by atoms with E-state index < -0.39 is 0 Å². The van der Waals surface area contributed by atoms with Crippen LogP contribution in [-0.4, -0.2) is 4.98 Å². The van der Waals surface area contributed by atoms with Crippen molar-refractivity contribution >= 4 is 0 Å². The summed E-state index contributed by atoms with van der Waals surface area (Å²) in [5.74, 6) is 0. The van der Waals surface area contributed by atoms with Gasteiger partial charge in [-0.15, -0.1) is 0 Å². The Morgan fingerprint density at radius 3 is 2.64 bits per heavy atom. The van der Waals surface area contributed by atoms with Crippen molar-refractivity contribution in [3.05, 3.63) is 53.9 Å². The molecular formula is C13H12N. The van der Waals surface area contributed by atoms with Gasteiger partial charge in [0.15, 0.2) is 0 Å².